The molecular weight excluding hydrogens is 534 g/mol. The van der Waals surface area contributed by atoms with Crippen molar-refractivity contribution in [2.45, 2.75) is 65.5 Å². The highest BCUT2D eigenvalue weighted by atomic mass is 32.2. The zero-order chi connectivity index (χ0) is 29.8. The zero-order valence-corrected chi connectivity index (χ0v) is 25.5. The second-order valence-electron chi connectivity index (χ2n) is 10.5. The number of sulfonamides is 1. The maximum atomic E-state index is 13.9. The fraction of sp³-hybridized carbons (Fsp3) is 0.394. The third kappa shape index (κ3) is 9.74. The van der Waals surface area contributed by atoms with Gasteiger partial charge in [0.15, 0.2) is 0 Å². The molecule has 1 N–H and O–H groups in total. The number of nitrogens with one attached hydrogen (secondary N) is 1. The van der Waals surface area contributed by atoms with Crippen LogP contribution in [0.25, 0.3) is 0 Å². The van der Waals surface area contributed by atoms with Gasteiger partial charge < -0.3 is 10.2 Å². The number of rotatable bonds is 15. The molecule has 8 heteroatoms. The Bertz CT molecular complexity index is 1360. The molecule has 0 unspecified atom stereocenters. The van der Waals surface area contributed by atoms with Crippen LogP contribution in [0.5, 0.6) is 0 Å². The van der Waals surface area contributed by atoms with Gasteiger partial charge in [-0.1, -0.05) is 86.1 Å². The van der Waals surface area contributed by atoms with E-state index in [4.69, 9.17) is 0 Å². The van der Waals surface area contributed by atoms with Crippen molar-refractivity contribution in [3.63, 3.8) is 0 Å². The predicted octanol–water partition coefficient (Wildman–Crippen LogP) is 5.27. The van der Waals surface area contributed by atoms with Gasteiger partial charge in [0.05, 0.1) is 11.9 Å². The first-order valence-corrected chi connectivity index (χ1v) is 16.2. The van der Waals surface area contributed by atoms with E-state index in [0.29, 0.717) is 25.1 Å². The summed E-state index contributed by atoms with van der Waals surface area (Å²) in [6.45, 7) is 7.02. The lowest BCUT2D eigenvalue weighted by molar-refractivity contribution is -0.141. The smallest absolute Gasteiger partial charge is 0.243 e. The Labute approximate surface area is 245 Å². The summed E-state index contributed by atoms with van der Waals surface area (Å²) in [4.78, 5) is 29.0. The van der Waals surface area contributed by atoms with Crippen LogP contribution in [0.15, 0.2) is 78.9 Å². The molecule has 0 saturated carbocycles. The van der Waals surface area contributed by atoms with Crippen LogP contribution in [0.3, 0.4) is 0 Å². The summed E-state index contributed by atoms with van der Waals surface area (Å²) in [5, 5.41) is 2.99. The summed E-state index contributed by atoms with van der Waals surface area (Å²) in [5.74, 6) is -0.377. The largest absolute Gasteiger partial charge is 0.354 e. The van der Waals surface area contributed by atoms with Crippen LogP contribution in [0.4, 0.5) is 5.69 Å². The summed E-state index contributed by atoms with van der Waals surface area (Å²) < 4.78 is 26.6. The number of benzene rings is 3. The molecule has 0 aromatic heterocycles. The van der Waals surface area contributed by atoms with Crippen LogP contribution >= 0.6 is 0 Å². The summed E-state index contributed by atoms with van der Waals surface area (Å²) >= 11 is 0. The summed E-state index contributed by atoms with van der Waals surface area (Å²) in [7, 11) is -3.54. The number of hydrogen-bond acceptors (Lipinski definition) is 4. The number of hydrogen-bond donors (Lipinski definition) is 1. The maximum absolute atomic E-state index is 13.9. The number of aryl methyl sites for hydroxylation is 2. The molecule has 7 nitrogen and oxygen atoms in total. The topological polar surface area (TPSA) is 86.8 Å². The highest BCUT2D eigenvalue weighted by Crippen LogP contribution is 2.21. The Morgan fingerprint density at radius 2 is 1.49 bits per heavy atom. The second kappa shape index (κ2) is 15.4. The molecule has 0 saturated heterocycles. The molecule has 1 atom stereocenters. The highest BCUT2D eigenvalue weighted by molar-refractivity contribution is 7.92. The van der Waals surface area contributed by atoms with Gasteiger partial charge in [-0.2, -0.15) is 0 Å². The second-order valence-corrected chi connectivity index (χ2v) is 12.4. The van der Waals surface area contributed by atoms with E-state index in [9.17, 15) is 18.0 Å². The van der Waals surface area contributed by atoms with Crippen LogP contribution in [0, 0.1) is 6.92 Å². The van der Waals surface area contributed by atoms with Crippen LogP contribution in [0.1, 0.15) is 55.4 Å². The molecule has 2 amide bonds. The minimum atomic E-state index is -3.54. The van der Waals surface area contributed by atoms with Gasteiger partial charge in [-0.05, 0) is 55.0 Å². The quantitative estimate of drug-likeness (QED) is 0.267. The van der Waals surface area contributed by atoms with Gasteiger partial charge in [-0.15, -0.1) is 0 Å². The van der Waals surface area contributed by atoms with Crippen molar-refractivity contribution >= 4 is 27.5 Å². The third-order valence-electron chi connectivity index (χ3n) is 7.08. The van der Waals surface area contributed by atoms with Gasteiger partial charge in [-0.3, -0.25) is 13.9 Å². The fourth-order valence-electron chi connectivity index (χ4n) is 4.71. The fourth-order valence-corrected chi connectivity index (χ4v) is 5.68. The SMILES string of the molecule is CCCNC(=O)[C@@H](Cc1ccccc1)N(Cc1ccc(C)cc1)C(=O)CCCN(c1ccc(CC)cc1)S(C)(=O)=O. The Balaban J connectivity index is 1.85. The monoisotopic (exact) mass is 577 g/mol. The van der Waals surface area contributed by atoms with E-state index >= 15 is 0 Å². The van der Waals surface area contributed by atoms with Crippen LogP contribution in [-0.2, 0) is 39.0 Å². The van der Waals surface area contributed by atoms with Crippen LogP contribution in [-0.4, -0.2) is 50.5 Å². The Morgan fingerprint density at radius 1 is 0.854 bits per heavy atom. The molecule has 0 heterocycles. The van der Waals surface area contributed by atoms with Gasteiger partial charge in [0.2, 0.25) is 21.8 Å². The average Bonchev–Trinajstić information content (AvgIpc) is 2.96. The summed E-state index contributed by atoms with van der Waals surface area (Å²) in [5.41, 5.74) is 4.70. The number of anilines is 1. The molecule has 0 radical (unpaired) electrons. The molecule has 0 fully saturated rings. The molecular formula is C33H43N3O4S. The van der Waals surface area contributed by atoms with E-state index in [1.807, 2.05) is 87.5 Å². The Kier molecular flexibility index (Phi) is 12.0. The van der Waals surface area contributed by atoms with Crippen molar-refractivity contribution in [2.24, 2.45) is 0 Å². The lowest BCUT2D eigenvalue weighted by Crippen LogP contribution is -2.50. The van der Waals surface area contributed by atoms with E-state index in [-0.39, 0.29) is 31.3 Å². The summed E-state index contributed by atoms with van der Waals surface area (Å²) in [6.07, 6.45) is 3.64. The molecule has 0 aliphatic carbocycles. The van der Waals surface area contributed by atoms with Crippen LogP contribution < -0.4 is 9.62 Å². The zero-order valence-electron chi connectivity index (χ0n) is 24.7. The average molecular weight is 578 g/mol. The lowest BCUT2D eigenvalue weighted by Gasteiger charge is -2.32. The number of amides is 2. The number of carbonyl (C=O) groups is 2. The number of nitrogens with zero attached hydrogens (tertiary/aromatic N) is 2. The van der Waals surface area contributed by atoms with Crippen molar-refractivity contribution in [3.05, 3.63) is 101 Å². The molecule has 3 rings (SSSR count). The first-order valence-electron chi connectivity index (χ1n) is 14.4. The first-order chi connectivity index (χ1) is 19.6. The lowest BCUT2D eigenvalue weighted by atomic mass is 10.0. The molecule has 41 heavy (non-hydrogen) atoms. The molecule has 3 aromatic rings. The summed E-state index contributed by atoms with van der Waals surface area (Å²) in [6, 6.07) is 24.4. The van der Waals surface area contributed by atoms with Crippen molar-refractivity contribution in [3.8, 4) is 0 Å². The molecule has 3 aromatic carbocycles. The molecule has 0 aliphatic heterocycles. The highest BCUT2D eigenvalue weighted by Gasteiger charge is 2.30. The molecule has 0 aliphatic rings. The normalized spacial score (nSPS) is 12.0. The van der Waals surface area contributed by atoms with E-state index in [0.717, 1.165) is 35.1 Å². The minimum Gasteiger partial charge on any atom is -0.354 e. The van der Waals surface area contributed by atoms with Gasteiger partial charge >= 0.3 is 0 Å². The van der Waals surface area contributed by atoms with Crippen molar-refractivity contribution in [1.29, 1.82) is 0 Å². The van der Waals surface area contributed by atoms with Crippen LogP contribution in [0.2, 0.25) is 0 Å². The Hall–Kier alpha value is -3.65. The van der Waals surface area contributed by atoms with Gasteiger partial charge in [-0.25, -0.2) is 8.42 Å². The van der Waals surface area contributed by atoms with Crippen molar-refractivity contribution in [2.75, 3.05) is 23.7 Å². The molecule has 220 valence electrons. The predicted molar refractivity (Wildman–Crippen MR) is 166 cm³/mol. The van der Waals surface area contributed by atoms with Gasteiger partial charge in [0.25, 0.3) is 0 Å². The van der Waals surface area contributed by atoms with E-state index in [2.05, 4.69) is 5.32 Å². The minimum absolute atomic E-state index is 0.108. The van der Waals surface area contributed by atoms with Crippen molar-refractivity contribution in [1.82, 2.24) is 10.2 Å². The van der Waals surface area contributed by atoms with Gasteiger partial charge in [0.1, 0.15) is 6.04 Å². The molecule has 0 spiro atoms. The molecule has 0 bridgehead atoms. The Morgan fingerprint density at radius 3 is 2.07 bits per heavy atom. The first kappa shape index (κ1) is 31.9. The standard InChI is InChI=1S/C33H43N3O4S/c1-5-22-34-33(38)31(24-28-11-8-7-9-12-28)35(25-29-16-14-26(3)15-17-29)32(37)13-10-23-36(41(4,39)40)30-20-18-27(6-2)19-21-30/h7-9,11-12,14-21,31H,5-6,10,13,22-25H2,1-4H3,(H,34,38)/t31-/m1/s1. The van der Waals surface area contributed by atoms with E-state index in [1.54, 1.807) is 17.0 Å². The van der Waals surface area contributed by atoms with Gasteiger partial charge in [0, 0.05) is 32.5 Å². The van der Waals surface area contributed by atoms with E-state index in [1.165, 1.54) is 10.6 Å². The maximum Gasteiger partial charge on any atom is 0.243 e. The number of carbonyl (C=O) groups excluding carboxylic acids is 2. The van der Waals surface area contributed by atoms with E-state index < -0.39 is 16.1 Å². The van der Waals surface area contributed by atoms with Crippen molar-refractivity contribution < 1.29 is 18.0 Å². The third-order valence-corrected chi connectivity index (χ3v) is 8.27.